The molecule has 0 atom stereocenters. The SMILES string of the molecule is CC(=O)O.CC(=O)O.CCCC[N+](CCCC)(CCCC)CCCC.CCCC[N+](CCCC)(CCCC)CCCC.CCCC[N+](CCCC)(CCCC)CCCC.CCCC[N+](CCCC)(CCCC)CCCC.CS(=O)(=O)O.CS(=O)(=O)O.CS(=O)(=O)O.CS(=O)(=O)O.O=C(O)C(F)(F)F.O=C(O)C(F)(F)F. The lowest BCUT2D eigenvalue weighted by molar-refractivity contribution is -0.929. The smallest absolute Gasteiger partial charge is 0.481 e. The van der Waals surface area contributed by atoms with E-state index in [-0.39, 0.29) is 0 Å². The fraction of sp³-hybridized carbons (Fsp3) is 0.947. The van der Waals surface area contributed by atoms with Crippen molar-refractivity contribution in [1.82, 2.24) is 0 Å². The summed E-state index contributed by atoms with van der Waals surface area (Å²) in [5.74, 6) is -7.18. The highest BCUT2D eigenvalue weighted by Crippen LogP contribution is 2.21. The van der Waals surface area contributed by atoms with E-state index in [1.165, 1.54) is 328 Å². The molecule has 0 bridgehead atoms. The molecule has 0 fully saturated rings. The van der Waals surface area contributed by atoms with Crippen LogP contribution in [0.1, 0.15) is 330 Å². The molecule has 0 aromatic carbocycles. The Balaban J connectivity index is -0.0000000993. The number of quaternary nitrogens is 4. The lowest BCUT2D eigenvalue weighted by Gasteiger charge is -2.39. The molecule has 0 aliphatic carbocycles. The highest BCUT2D eigenvalue weighted by molar-refractivity contribution is 7.85. The zero-order valence-electron chi connectivity index (χ0n) is 73.1. The maximum Gasteiger partial charge on any atom is 0.490 e. The first kappa shape index (κ1) is 133. The molecule has 24 nitrogen and oxygen atoms in total. The van der Waals surface area contributed by atoms with Gasteiger partial charge in [0.05, 0.1) is 130 Å². The van der Waals surface area contributed by atoms with Crippen molar-refractivity contribution in [2.75, 3.05) is 130 Å². The minimum absolute atomic E-state index is 0.715. The van der Waals surface area contributed by atoms with Gasteiger partial charge in [-0.3, -0.25) is 27.8 Å². The molecule has 0 saturated carbocycles. The Kier molecular flexibility index (Phi) is 103. The Morgan fingerprint density at radius 2 is 0.273 bits per heavy atom. The highest BCUT2D eigenvalue weighted by atomic mass is 32.2. The summed E-state index contributed by atoms with van der Waals surface area (Å²) in [7, 11) is -14.7. The van der Waals surface area contributed by atoms with Crippen molar-refractivity contribution in [3.63, 3.8) is 0 Å². The number of hydrogen-bond acceptors (Lipinski definition) is 12. The van der Waals surface area contributed by atoms with Gasteiger partial charge >= 0.3 is 24.3 Å². The topological polar surface area (TPSA) is 367 Å². The number of nitrogens with zero attached hydrogens (tertiary/aromatic N) is 4. The van der Waals surface area contributed by atoms with Crippen molar-refractivity contribution in [1.29, 1.82) is 0 Å². The van der Waals surface area contributed by atoms with Crippen molar-refractivity contribution in [2.45, 2.75) is 342 Å². The Hall–Kier alpha value is -3.06. The summed E-state index contributed by atoms with van der Waals surface area (Å²) in [6, 6.07) is 0. The van der Waals surface area contributed by atoms with E-state index in [0.29, 0.717) is 25.0 Å². The predicted molar refractivity (Wildman–Crippen MR) is 441 cm³/mol. The maximum absolute atomic E-state index is 10.6. The molecule has 0 aromatic heterocycles. The molecule has 0 amide bonds. The number of alkyl halides is 6. The van der Waals surface area contributed by atoms with Gasteiger partial charge in [-0.1, -0.05) is 214 Å². The second-order valence-corrected chi connectivity index (χ2v) is 34.0. The average molecular weight is 1700 g/mol. The summed E-state index contributed by atoms with van der Waals surface area (Å²) in [5.41, 5.74) is 0. The van der Waals surface area contributed by atoms with Crippen LogP contribution >= 0.6 is 0 Å². The number of carboxylic acids is 4. The number of carbonyl (C=O) groups is 4. The van der Waals surface area contributed by atoms with Crippen LogP contribution < -0.4 is 0 Å². The molecule has 0 unspecified atom stereocenters. The second kappa shape index (κ2) is 85.3. The van der Waals surface area contributed by atoms with Crippen molar-refractivity contribution >= 4 is 64.3 Å². The van der Waals surface area contributed by atoms with Gasteiger partial charge in [0.2, 0.25) is 0 Å². The molecular formula is C76H170F6N4O20S4+4. The van der Waals surface area contributed by atoms with Gasteiger partial charge in [0.15, 0.2) is 0 Å². The largest absolute Gasteiger partial charge is 0.490 e. The third-order valence-corrected chi connectivity index (χ3v) is 16.3. The lowest BCUT2D eigenvalue weighted by atomic mass is 10.1. The van der Waals surface area contributed by atoms with E-state index in [4.69, 9.17) is 57.8 Å². The fourth-order valence-electron chi connectivity index (χ4n) is 10.6. The first-order chi connectivity index (χ1) is 50.3. The number of unbranched alkanes of at least 4 members (excludes halogenated alkanes) is 16. The van der Waals surface area contributed by atoms with Crippen LogP contribution in [0.3, 0.4) is 0 Å². The summed E-state index contributed by atoms with van der Waals surface area (Å²) in [5, 5.41) is 29.1. The Bertz CT molecular complexity index is 2000. The van der Waals surface area contributed by atoms with Crippen molar-refractivity contribution in [3.05, 3.63) is 0 Å². The standard InChI is InChI=1S/4C16H36N.2C2HF3O2.2C2H4O2.4CH4O3S/c4*1-5-9-13-17(14-10-6-2,15-11-7-3)16-12-8-4;2*3-2(4,5)1(6)7;2*1-2(3)4;4*1-5(2,3)4/h4*5-16H2,1-4H3;2*(H,6,7);2*1H3,(H,3,4);4*1H3,(H,2,3,4)/q4*+1;;;;;;;;. The van der Waals surface area contributed by atoms with Crippen LogP contribution in [-0.2, 0) is 59.7 Å². The zero-order chi connectivity index (χ0) is 89.3. The van der Waals surface area contributed by atoms with Gasteiger partial charge in [-0.15, -0.1) is 0 Å². The molecule has 0 aromatic rings. The summed E-state index contributed by atoms with van der Waals surface area (Å²) in [4.78, 5) is 35.8. The highest BCUT2D eigenvalue weighted by Gasteiger charge is 2.39. The quantitative estimate of drug-likeness (QED) is 0.0159. The minimum atomic E-state index is -5.08. The average Bonchev–Trinajstić information content (AvgIpc) is 0.890. The van der Waals surface area contributed by atoms with Gasteiger partial charge in [-0.25, -0.2) is 9.59 Å². The van der Waals surface area contributed by atoms with Gasteiger partial charge < -0.3 is 38.4 Å². The van der Waals surface area contributed by atoms with E-state index in [1.807, 2.05) is 0 Å². The van der Waals surface area contributed by atoms with Crippen molar-refractivity contribution in [2.24, 2.45) is 0 Å². The number of rotatable bonds is 48. The molecule has 8 N–H and O–H groups in total. The summed E-state index contributed by atoms with van der Waals surface area (Å²) in [6.07, 6.45) is 36.9. The van der Waals surface area contributed by atoms with Crippen LogP contribution in [0.5, 0.6) is 0 Å². The molecule has 0 heterocycles. The van der Waals surface area contributed by atoms with Gasteiger partial charge in [0, 0.05) is 13.8 Å². The third kappa shape index (κ3) is 143. The molecule has 0 aliphatic rings. The van der Waals surface area contributed by atoms with E-state index in [2.05, 4.69) is 111 Å². The predicted octanol–water partition coefficient (Wildman–Crippen LogP) is 19.5. The number of hydrogen-bond donors (Lipinski definition) is 8. The molecule has 110 heavy (non-hydrogen) atoms. The molecule has 0 aliphatic heterocycles. The summed E-state index contributed by atoms with van der Waals surface area (Å²) >= 11 is 0. The van der Waals surface area contributed by atoms with Crippen LogP contribution in [0.4, 0.5) is 26.3 Å². The molecule has 0 rings (SSSR count). The van der Waals surface area contributed by atoms with Crippen molar-refractivity contribution < 1.29 is 136 Å². The minimum Gasteiger partial charge on any atom is -0.481 e. The Morgan fingerprint density at radius 3 is 0.300 bits per heavy atom. The third-order valence-electron chi connectivity index (χ3n) is 16.3. The Labute approximate surface area is 668 Å². The molecule has 0 radical (unpaired) electrons. The number of halogens is 6. The van der Waals surface area contributed by atoms with Crippen LogP contribution in [0.25, 0.3) is 0 Å². The second-order valence-electron chi connectivity index (χ2n) is 28.2. The zero-order valence-corrected chi connectivity index (χ0v) is 76.4. The van der Waals surface area contributed by atoms with Crippen LogP contribution in [0.2, 0.25) is 0 Å². The Morgan fingerprint density at radius 1 is 0.227 bits per heavy atom. The van der Waals surface area contributed by atoms with Gasteiger partial charge in [-0.05, 0) is 103 Å². The van der Waals surface area contributed by atoms with Crippen LogP contribution in [-0.4, -0.2) is 256 Å². The number of carboxylic acid groups (broad SMARTS) is 4. The molecule has 0 spiro atoms. The fourth-order valence-corrected chi connectivity index (χ4v) is 10.6. The maximum atomic E-state index is 10.6. The van der Waals surface area contributed by atoms with E-state index >= 15 is 0 Å². The van der Waals surface area contributed by atoms with Crippen molar-refractivity contribution in [3.8, 4) is 0 Å². The van der Waals surface area contributed by atoms with Gasteiger partial charge in [-0.2, -0.15) is 60.0 Å². The van der Waals surface area contributed by atoms with Crippen LogP contribution in [0, 0.1) is 0 Å². The first-order valence-corrected chi connectivity index (χ1v) is 47.8. The summed E-state index contributed by atoms with van der Waals surface area (Å²) in [6.45, 7) is 62.2. The normalized spacial score (nSPS) is 11.4. The van der Waals surface area contributed by atoms with Crippen LogP contribution in [0.15, 0.2) is 0 Å². The monoisotopic (exact) mass is 1700 g/mol. The first-order valence-electron chi connectivity index (χ1n) is 40.4. The van der Waals surface area contributed by atoms with E-state index < -0.39 is 76.7 Å². The molecular weight excluding hydrogens is 1530 g/mol. The van der Waals surface area contributed by atoms with E-state index in [1.54, 1.807) is 0 Å². The van der Waals surface area contributed by atoms with Gasteiger partial charge in [0.25, 0.3) is 52.4 Å². The lowest BCUT2D eigenvalue weighted by Crippen LogP contribution is -2.50. The molecule has 676 valence electrons. The summed E-state index contributed by atoms with van der Waals surface area (Å²) < 4.78 is 173. The number of aliphatic carboxylic acids is 4. The molecule has 0 saturated heterocycles. The van der Waals surface area contributed by atoms with Gasteiger partial charge in [0.1, 0.15) is 0 Å². The van der Waals surface area contributed by atoms with E-state index in [9.17, 15) is 60.0 Å². The van der Waals surface area contributed by atoms with E-state index in [0.717, 1.165) is 13.8 Å². The molecule has 34 heteroatoms.